The molecule has 0 aromatic carbocycles. The first-order valence-corrected chi connectivity index (χ1v) is 7.52. The second-order valence-corrected chi connectivity index (χ2v) is 5.81. The summed E-state index contributed by atoms with van der Waals surface area (Å²) in [7, 11) is 1.52. The maximum atomic E-state index is 11.9. The Labute approximate surface area is 125 Å². The lowest BCUT2D eigenvalue weighted by molar-refractivity contribution is -0.125. The number of aromatic nitrogens is 3. The quantitative estimate of drug-likeness (QED) is 0.787. The van der Waals surface area contributed by atoms with E-state index < -0.39 is 0 Å². The van der Waals surface area contributed by atoms with Crippen molar-refractivity contribution in [1.29, 1.82) is 0 Å². The standard InChI is InChI=1S/C14H25N5O2/c1-10(2)8-11(16-13(20)9-21-3)14-18-17-12-4-5-15-6-7-19(12)14/h10-11,15H,4-9H2,1-3H3,(H,16,20). The van der Waals surface area contributed by atoms with E-state index in [4.69, 9.17) is 4.74 Å². The summed E-state index contributed by atoms with van der Waals surface area (Å²) in [4.78, 5) is 11.9. The van der Waals surface area contributed by atoms with E-state index in [2.05, 4.69) is 39.2 Å². The van der Waals surface area contributed by atoms with Gasteiger partial charge in [-0.2, -0.15) is 0 Å². The van der Waals surface area contributed by atoms with E-state index >= 15 is 0 Å². The number of amides is 1. The average molecular weight is 295 g/mol. The highest BCUT2D eigenvalue weighted by atomic mass is 16.5. The van der Waals surface area contributed by atoms with Crippen molar-refractivity contribution in [2.75, 3.05) is 26.8 Å². The molecule has 7 heteroatoms. The van der Waals surface area contributed by atoms with E-state index in [1.165, 1.54) is 7.11 Å². The van der Waals surface area contributed by atoms with Crippen LogP contribution >= 0.6 is 0 Å². The molecule has 2 N–H and O–H groups in total. The number of nitrogens with one attached hydrogen (secondary N) is 2. The highest BCUT2D eigenvalue weighted by molar-refractivity contribution is 5.77. The molecule has 2 rings (SSSR count). The third kappa shape index (κ3) is 4.25. The van der Waals surface area contributed by atoms with Gasteiger partial charge in [-0.15, -0.1) is 10.2 Å². The summed E-state index contributed by atoms with van der Waals surface area (Å²) in [5, 5.41) is 15.0. The fraction of sp³-hybridized carbons (Fsp3) is 0.786. The zero-order valence-corrected chi connectivity index (χ0v) is 13.1. The third-order valence-electron chi connectivity index (χ3n) is 3.52. The Hall–Kier alpha value is -1.47. The zero-order valence-electron chi connectivity index (χ0n) is 13.1. The minimum Gasteiger partial charge on any atom is -0.375 e. The molecule has 1 aliphatic rings. The molecule has 0 spiro atoms. The van der Waals surface area contributed by atoms with Gasteiger partial charge in [0.1, 0.15) is 12.4 Å². The van der Waals surface area contributed by atoms with Gasteiger partial charge >= 0.3 is 0 Å². The van der Waals surface area contributed by atoms with Gasteiger partial charge in [-0.3, -0.25) is 4.79 Å². The topological polar surface area (TPSA) is 81.1 Å². The van der Waals surface area contributed by atoms with E-state index in [1.54, 1.807) is 0 Å². The van der Waals surface area contributed by atoms with Crippen molar-refractivity contribution in [2.24, 2.45) is 5.92 Å². The lowest BCUT2D eigenvalue weighted by atomic mass is 10.0. The molecule has 7 nitrogen and oxygen atoms in total. The summed E-state index contributed by atoms with van der Waals surface area (Å²) >= 11 is 0. The summed E-state index contributed by atoms with van der Waals surface area (Å²) in [5.41, 5.74) is 0. The molecular formula is C14H25N5O2. The number of rotatable bonds is 6. The normalized spacial score (nSPS) is 16.4. The Morgan fingerprint density at radius 3 is 2.95 bits per heavy atom. The molecule has 0 bridgehead atoms. The molecule has 1 aliphatic heterocycles. The Morgan fingerprint density at radius 1 is 1.43 bits per heavy atom. The lowest BCUT2D eigenvalue weighted by Crippen LogP contribution is -2.34. The first-order chi connectivity index (χ1) is 10.1. The predicted molar refractivity (Wildman–Crippen MR) is 78.8 cm³/mol. The first-order valence-electron chi connectivity index (χ1n) is 7.52. The second kappa shape index (κ2) is 7.51. The summed E-state index contributed by atoms with van der Waals surface area (Å²) in [5.74, 6) is 2.18. The van der Waals surface area contributed by atoms with Gasteiger partial charge in [-0.05, 0) is 12.3 Å². The largest absolute Gasteiger partial charge is 0.375 e. The molecule has 1 aromatic heterocycles. The smallest absolute Gasteiger partial charge is 0.246 e. The van der Waals surface area contributed by atoms with Crippen LogP contribution in [0, 0.1) is 5.92 Å². The van der Waals surface area contributed by atoms with E-state index in [1.807, 2.05) is 0 Å². The summed E-state index contributed by atoms with van der Waals surface area (Å²) in [6.45, 7) is 7.00. The van der Waals surface area contributed by atoms with Crippen molar-refractivity contribution in [2.45, 2.75) is 39.3 Å². The molecule has 2 heterocycles. The van der Waals surface area contributed by atoms with Crippen LogP contribution in [0.2, 0.25) is 0 Å². The molecular weight excluding hydrogens is 270 g/mol. The predicted octanol–water partition coefficient (Wildman–Crippen LogP) is 0.274. The molecule has 1 amide bonds. The fourth-order valence-electron chi connectivity index (χ4n) is 2.62. The number of ether oxygens (including phenoxy) is 1. The van der Waals surface area contributed by atoms with Crippen LogP contribution in [0.5, 0.6) is 0 Å². The number of carbonyl (C=O) groups is 1. The number of hydrogen-bond acceptors (Lipinski definition) is 5. The molecule has 1 unspecified atom stereocenters. The van der Waals surface area contributed by atoms with Crippen molar-refractivity contribution in [3.8, 4) is 0 Å². The number of nitrogens with zero attached hydrogens (tertiary/aromatic N) is 3. The van der Waals surface area contributed by atoms with Crippen LogP contribution in [-0.4, -0.2) is 47.5 Å². The maximum absolute atomic E-state index is 11.9. The van der Waals surface area contributed by atoms with Gasteiger partial charge in [0.15, 0.2) is 5.82 Å². The van der Waals surface area contributed by atoms with E-state index in [0.717, 1.165) is 44.1 Å². The minimum absolute atomic E-state index is 0.0666. The molecule has 21 heavy (non-hydrogen) atoms. The zero-order chi connectivity index (χ0) is 15.2. The summed E-state index contributed by atoms with van der Waals surface area (Å²) < 4.78 is 7.03. The molecule has 0 saturated heterocycles. The number of fused-ring (bicyclic) bond motifs is 1. The Kier molecular flexibility index (Phi) is 5.69. The van der Waals surface area contributed by atoms with Gasteiger partial charge in [-0.1, -0.05) is 13.8 Å². The van der Waals surface area contributed by atoms with Crippen molar-refractivity contribution in [3.05, 3.63) is 11.6 Å². The monoisotopic (exact) mass is 295 g/mol. The Morgan fingerprint density at radius 2 is 2.24 bits per heavy atom. The van der Waals surface area contributed by atoms with Crippen LogP contribution < -0.4 is 10.6 Å². The van der Waals surface area contributed by atoms with Crippen molar-refractivity contribution in [1.82, 2.24) is 25.4 Å². The number of carbonyl (C=O) groups excluding carboxylic acids is 1. The molecule has 1 atom stereocenters. The van der Waals surface area contributed by atoms with E-state index in [0.29, 0.717) is 5.92 Å². The number of hydrogen-bond donors (Lipinski definition) is 2. The highest BCUT2D eigenvalue weighted by Crippen LogP contribution is 2.21. The van der Waals surface area contributed by atoms with Gasteiger partial charge in [0.25, 0.3) is 0 Å². The van der Waals surface area contributed by atoms with Gasteiger partial charge in [0, 0.05) is 33.2 Å². The minimum atomic E-state index is -0.119. The van der Waals surface area contributed by atoms with Crippen molar-refractivity contribution >= 4 is 5.91 Å². The van der Waals surface area contributed by atoms with Crippen LogP contribution in [0.1, 0.15) is 38.0 Å². The van der Waals surface area contributed by atoms with Gasteiger partial charge in [0.2, 0.25) is 5.91 Å². The molecule has 0 aliphatic carbocycles. The SMILES string of the molecule is COCC(=O)NC(CC(C)C)c1nnc2n1CCNCC2. The fourth-order valence-corrected chi connectivity index (χ4v) is 2.62. The van der Waals surface area contributed by atoms with Gasteiger partial charge in [0.05, 0.1) is 6.04 Å². The lowest BCUT2D eigenvalue weighted by Gasteiger charge is -2.21. The Bertz CT molecular complexity index is 472. The van der Waals surface area contributed by atoms with E-state index in [9.17, 15) is 4.79 Å². The van der Waals surface area contributed by atoms with Crippen molar-refractivity contribution in [3.63, 3.8) is 0 Å². The summed E-state index contributed by atoms with van der Waals surface area (Å²) in [6, 6.07) is -0.119. The van der Waals surface area contributed by atoms with Crippen molar-refractivity contribution < 1.29 is 9.53 Å². The molecule has 0 fully saturated rings. The van der Waals surface area contributed by atoms with E-state index in [-0.39, 0.29) is 18.6 Å². The van der Waals surface area contributed by atoms with Crippen LogP contribution in [-0.2, 0) is 22.5 Å². The third-order valence-corrected chi connectivity index (χ3v) is 3.52. The summed E-state index contributed by atoms with van der Waals surface area (Å²) in [6.07, 6.45) is 1.70. The highest BCUT2D eigenvalue weighted by Gasteiger charge is 2.24. The molecule has 0 saturated carbocycles. The molecule has 118 valence electrons. The second-order valence-electron chi connectivity index (χ2n) is 5.81. The van der Waals surface area contributed by atoms with Crippen LogP contribution in [0.15, 0.2) is 0 Å². The molecule has 0 radical (unpaired) electrons. The number of methoxy groups -OCH3 is 1. The van der Waals surface area contributed by atoms with Crippen LogP contribution in [0.3, 0.4) is 0 Å². The maximum Gasteiger partial charge on any atom is 0.246 e. The van der Waals surface area contributed by atoms with Crippen LogP contribution in [0.4, 0.5) is 0 Å². The molecule has 1 aromatic rings. The van der Waals surface area contributed by atoms with Crippen LogP contribution in [0.25, 0.3) is 0 Å². The average Bonchev–Trinajstić information content (AvgIpc) is 2.67. The Balaban J connectivity index is 2.19. The van der Waals surface area contributed by atoms with Gasteiger partial charge < -0.3 is 19.9 Å². The first kappa shape index (κ1) is 15.9. The van der Waals surface area contributed by atoms with Gasteiger partial charge in [-0.25, -0.2) is 0 Å².